The lowest BCUT2D eigenvalue weighted by atomic mass is 10.1. The van der Waals surface area contributed by atoms with Crippen LogP contribution in [-0.4, -0.2) is 33.1 Å². The topological polar surface area (TPSA) is 71.1 Å². The molecular formula is C25H39F2O6PSSi. The Morgan fingerprint density at radius 2 is 1.56 bits per heavy atom. The first-order chi connectivity index (χ1) is 16.2. The Kier molecular flexibility index (Phi) is 8.96. The number of fused-ring (bicyclic) bond motifs is 1. The maximum atomic E-state index is 15.8. The van der Waals surface area contributed by atoms with Gasteiger partial charge in [0.15, 0.2) is 0 Å². The number of carbonyl (C=O) groups excluding carboxylic acids is 1. The average Bonchev–Trinajstić information content (AvgIpc) is 3.03. The van der Waals surface area contributed by atoms with Crippen molar-refractivity contribution in [3.63, 3.8) is 0 Å². The van der Waals surface area contributed by atoms with Crippen molar-refractivity contribution < 1.29 is 36.4 Å². The van der Waals surface area contributed by atoms with Crippen molar-refractivity contribution in [2.45, 2.75) is 91.7 Å². The lowest BCUT2D eigenvalue weighted by Crippen LogP contribution is -2.43. The third kappa shape index (κ3) is 6.21. The second-order valence-corrected chi connectivity index (χ2v) is 19.0. The molecular weight excluding hydrogens is 525 g/mol. The second-order valence-electron chi connectivity index (χ2n) is 11.1. The molecule has 1 heterocycles. The van der Waals surface area contributed by atoms with E-state index in [1.807, 2.05) is 13.1 Å². The molecule has 0 aliphatic carbocycles. The fraction of sp³-hybridized carbons (Fsp3) is 0.640. The van der Waals surface area contributed by atoms with Crippen molar-refractivity contribution in [2.24, 2.45) is 0 Å². The molecule has 0 atom stereocenters. The van der Waals surface area contributed by atoms with Crippen molar-refractivity contribution in [2.75, 3.05) is 13.2 Å². The Morgan fingerprint density at radius 3 is 2.00 bits per heavy atom. The molecule has 0 saturated heterocycles. The Labute approximate surface area is 218 Å². The van der Waals surface area contributed by atoms with Gasteiger partial charge in [-0.25, -0.2) is 4.79 Å². The molecule has 0 aliphatic heterocycles. The fourth-order valence-corrected chi connectivity index (χ4v) is 7.37. The van der Waals surface area contributed by atoms with E-state index in [4.69, 9.17) is 18.2 Å². The molecule has 0 N–H and O–H groups in total. The van der Waals surface area contributed by atoms with E-state index in [1.165, 1.54) is 26.8 Å². The van der Waals surface area contributed by atoms with Crippen LogP contribution in [0.4, 0.5) is 8.78 Å². The molecule has 0 aliphatic rings. The van der Waals surface area contributed by atoms with Gasteiger partial charge in [-0.2, -0.15) is 8.78 Å². The summed E-state index contributed by atoms with van der Waals surface area (Å²) in [5.41, 5.74) is -4.26. The van der Waals surface area contributed by atoms with Crippen molar-refractivity contribution in [1.29, 1.82) is 0 Å². The minimum absolute atomic E-state index is 0.181. The van der Waals surface area contributed by atoms with Gasteiger partial charge in [0.25, 0.3) is 8.32 Å². The van der Waals surface area contributed by atoms with Gasteiger partial charge in [-0.15, -0.1) is 11.3 Å². The molecule has 36 heavy (non-hydrogen) atoms. The molecule has 2 rings (SSSR count). The van der Waals surface area contributed by atoms with E-state index in [9.17, 15) is 9.36 Å². The third-order valence-corrected chi connectivity index (χ3v) is 14.0. The highest BCUT2D eigenvalue weighted by Crippen LogP contribution is 2.68. The zero-order valence-corrected chi connectivity index (χ0v) is 25.8. The second kappa shape index (κ2) is 10.4. The van der Waals surface area contributed by atoms with Gasteiger partial charge in [-0.1, -0.05) is 20.8 Å². The van der Waals surface area contributed by atoms with Gasteiger partial charge in [0, 0.05) is 5.39 Å². The first-order valence-electron chi connectivity index (χ1n) is 12.0. The van der Waals surface area contributed by atoms with E-state index in [2.05, 4.69) is 20.8 Å². The van der Waals surface area contributed by atoms with Crippen LogP contribution in [0.5, 0.6) is 5.75 Å². The Balaban J connectivity index is 2.84. The molecule has 0 spiro atoms. The number of thiophene rings is 1. The van der Waals surface area contributed by atoms with Crippen LogP contribution in [0.2, 0.25) is 18.1 Å². The predicted molar refractivity (Wildman–Crippen MR) is 144 cm³/mol. The quantitative estimate of drug-likeness (QED) is 0.172. The first kappa shape index (κ1) is 30.9. The van der Waals surface area contributed by atoms with Gasteiger partial charge in [0.1, 0.15) is 11.4 Å². The van der Waals surface area contributed by atoms with Gasteiger partial charge in [-0.05, 0) is 77.4 Å². The highest BCUT2D eigenvalue weighted by Gasteiger charge is 2.57. The Hall–Kier alpha value is -1.32. The number of halogens is 2. The summed E-state index contributed by atoms with van der Waals surface area (Å²) in [7, 11) is -7.24. The molecule has 1 aromatic carbocycles. The third-order valence-electron chi connectivity index (χ3n) is 6.02. The molecule has 0 radical (unpaired) electrons. The minimum atomic E-state index is -4.81. The summed E-state index contributed by atoms with van der Waals surface area (Å²) >= 11 is 0.784. The lowest BCUT2D eigenvalue weighted by molar-refractivity contribution is 0.00693. The number of aryl methyl sites for hydroxylation is 1. The minimum Gasteiger partial charge on any atom is -0.543 e. The highest BCUT2D eigenvalue weighted by atomic mass is 32.1. The van der Waals surface area contributed by atoms with Gasteiger partial charge >= 0.3 is 19.2 Å². The molecule has 0 bridgehead atoms. The number of ether oxygens (including phenoxy) is 1. The van der Waals surface area contributed by atoms with Crippen LogP contribution in [0, 0.1) is 6.92 Å². The summed E-state index contributed by atoms with van der Waals surface area (Å²) in [6, 6.07) is 3.08. The number of alkyl halides is 2. The van der Waals surface area contributed by atoms with Crippen molar-refractivity contribution >= 4 is 43.3 Å². The largest absolute Gasteiger partial charge is 0.543 e. The van der Waals surface area contributed by atoms with Gasteiger partial charge in [-0.3, -0.25) is 4.57 Å². The maximum Gasteiger partial charge on any atom is 0.405 e. The van der Waals surface area contributed by atoms with E-state index in [0.717, 1.165) is 11.3 Å². The van der Waals surface area contributed by atoms with E-state index in [0.29, 0.717) is 15.8 Å². The zero-order chi connectivity index (χ0) is 27.9. The van der Waals surface area contributed by atoms with Crippen LogP contribution in [0.25, 0.3) is 10.1 Å². The Morgan fingerprint density at radius 1 is 1.03 bits per heavy atom. The first-order valence-corrected chi connectivity index (χ1v) is 17.2. The van der Waals surface area contributed by atoms with E-state index >= 15 is 8.78 Å². The normalized spacial score (nSPS) is 13.8. The van der Waals surface area contributed by atoms with Crippen LogP contribution in [-0.2, 0) is 24.0 Å². The average molecular weight is 565 g/mol. The number of esters is 1. The van der Waals surface area contributed by atoms with Crippen molar-refractivity contribution in [3.05, 3.63) is 28.1 Å². The van der Waals surface area contributed by atoms with E-state index < -0.39 is 38.0 Å². The number of carbonyl (C=O) groups is 1. The molecule has 0 amide bonds. The van der Waals surface area contributed by atoms with Crippen LogP contribution in [0.3, 0.4) is 0 Å². The fourth-order valence-electron chi connectivity index (χ4n) is 3.20. The lowest BCUT2D eigenvalue weighted by Gasteiger charge is -2.36. The van der Waals surface area contributed by atoms with E-state index in [-0.39, 0.29) is 29.4 Å². The SMILES string of the molecule is CCOP(=O)(OCC)C(F)(F)c1sc2c(O[Si](C)(C)C(C)(C)C)cc(C(=O)OC(C)(C)C)cc2c1C. The molecule has 0 saturated carbocycles. The monoisotopic (exact) mass is 564 g/mol. The van der Waals surface area contributed by atoms with Crippen LogP contribution < -0.4 is 4.43 Å². The number of rotatable bonds is 9. The Bertz CT molecular complexity index is 1150. The summed E-state index contributed by atoms with van der Waals surface area (Å²) < 4.78 is 67.3. The van der Waals surface area contributed by atoms with Crippen LogP contribution in [0.15, 0.2) is 12.1 Å². The van der Waals surface area contributed by atoms with Gasteiger partial charge in [0.2, 0.25) is 0 Å². The number of hydrogen-bond donors (Lipinski definition) is 0. The molecule has 204 valence electrons. The molecule has 2 aromatic rings. The number of hydrogen-bond acceptors (Lipinski definition) is 7. The van der Waals surface area contributed by atoms with Crippen LogP contribution >= 0.6 is 18.9 Å². The summed E-state index contributed by atoms with van der Waals surface area (Å²) in [4.78, 5) is 12.5. The summed E-state index contributed by atoms with van der Waals surface area (Å²) in [5.74, 6) is -0.254. The summed E-state index contributed by atoms with van der Waals surface area (Å²) in [6.07, 6.45) is 0. The molecule has 1 aromatic heterocycles. The molecule has 0 fully saturated rings. The zero-order valence-electron chi connectivity index (χ0n) is 23.1. The molecule has 6 nitrogen and oxygen atoms in total. The van der Waals surface area contributed by atoms with Crippen molar-refractivity contribution in [3.8, 4) is 5.75 Å². The molecule has 0 unspecified atom stereocenters. The predicted octanol–water partition coefficient (Wildman–Crippen LogP) is 8.86. The van der Waals surface area contributed by atoms with Gasteiger partial charge in [0.05, 0.1) is 28.4 Å². The standard InChI is InChI=1S/C25H39F2O6PSSi/c1-12-30-34(29,31-13-2)25(26,27)21-16(3)18-14-17(22(28)32-23(4,5)6)15-19(20(18)35-21)33-36(10,11)24(7,8)9/h14-15H,12-13H2,1-11H3. The van der Waals surface area contributed by atoms with Crippen molar-refractivity contribution in [1.82, 2.24) is 0 Å². The van der Waals surface area contributed by atoms with Crippen LogP contribution in [0.1, 0.15) is 76.2 Å². The summed E-state index contributed by atoms with van der Waals surface area (Å²) in [6.45, 7) is 19.6. The highest BCUT2D eigenvalue weighted by molar-refractivity contribution is 7.55. The van der Waals surface area contributed by atoms with Gasteiger partial charge < -0.3 is 18.2 Å². The summed E-state index contributed by atoms with van der Waals surface area (Å²) in [5, 5.41) is 0.228. The smallest absolute Gasteiger partial charge is 0.405 e. The van der Waals surface area contributed by atoms with E-state index in [1.54, 1.807) is 26.8 Å². The molecule has 11 heteroatoms. The number of benzene rings is 1. The maximum absolute atomic E-state index is 15.8.